The third-order valence-electron chi connectivity index (χ3n) is 3.61. The summed E-state index contributed by atoms with van der Waals surface area (Å²) >= 11 is 0. The number of hydrogen-bond donors (Lipinski definition) is 2. The predicted octanol–water partition coefficient (Wildman–Crippen LogP) is 1.72. The maximum atomic E-state index is 12.6. The number of anilines is 1. The van der Waals surface area contributed by atoms with E-state index in [-0.39, 0.29) is 10.5 Å². The highest BCUT2D eigenvalue weighted by atomic mass is 32.2. The molecule has 0 radical (unpaired) electrons. The van der Waals surface area contributed by atoms with Crippen molar-refractivity contribution in [3.8, 4) is 0 Å². The summed E-state index contributed by atoms with van der Waals surface area (Å²) in [6.07, 6.45) is 0. The standard InChI is InChI=1S/C19H22N2O6S/c1-14-5-3-7-16(11-14)21-28(24,25)17-8-4-6-15(12-17)19(23)27-13-18(22)20-9-10-26-2/h3-8,11-12,21H,9-10,13H2,1-2H3,(H,20,22). The van der Waals surface area contributed by atoms with Crippen molar-refractivity contribution in [1.29, 1.82) is 0 Å². The summed E-state index contributed by atoms with van der Waals surface area (Å²) < 4.78 is 37.3. The van der Waals surface area contributed by atoms with E-state index in [1.807, 2.05) is 13.0 Å². The number of aryl methyl sites for hydroxylation is 1. The lowest BCUT2D eigenvalue weighted by atomic mass is 10.2. The van der Waals surface area contributed by atoms with Crippen LogP contribution >= 0.6 is 0 Å². The van der Waals surface area contributed by atoms with Crippen LogP contribution in [0.2, 0.25) is 0 Å². The summed E-state index contributed by atoms with van der Waals surface area (Å²) in [4.78, 5) is 23.6. The number of nitrogens with one attached hydrogen (secondary N) is 2. The number of esters is 1. The predicted molar refractivity (Wildman–Crippen MR) is 104 cm³/mol. The molecule has 28 heavy (non-hydrogen) atoms. The first kappa shape index (κ1) is 21.4. The molecule has 0 unspecified atom stereocenters. The molecule has 9 heteroatoms. The van der Waals surface area contributed by atoms with Gasteiger partial charge in [-0.25, -0.2) is 13.2 Å². The van der Waals surface area contributed by atoms with Gasteiger partial charge < -0.3 is 14.8 Å². The van der Waals surface area contributed by atoms with Crippen LogP contribution in [0.3, 0.4) is 0 Å². The second kappa shape index (κ2) is 9.86. The lowest BCUT2D eigenvalue weighted by Crippen LogP contribution is -2.31. The normalized spacial score (nSPS) is 10.9. The minimum absolute atomic E-state index is 0.0248. The number of amides is 1. The van der Waals surface area contributed by atoms with E-state index in [0.717, 1.165) is 5.56 Å². The summed E-state index contributed by atoms with van der Waals surface area (Å²) in [5.74, 6) is -1.27. The van der Waals surface area contributed by atoms with E-state index in [9.17, 15) is 18.0 Å². The van der Waals surface area contributed by atoms with E-state index in [1.54, 1.807) is 18.2 Å². The van der Waals surface area contributed by atoms with Crippen molar-refractivity contribution in [3.63, 3.8) is 0 Å². The van der Waals surface area contributed by atoms with Crippen molar-refractivity contribution in [2.45, 2.75) is 11.8 Å². The molecule has 0 saturated heterocycles. The molecule has 2 aromatic rings. The van der Waals surface area contributed by atoms with Crippen LogP contribution in [0.4, 0.5) is 5.69 Å². The molecule has 0 atom stereocenters. The summed E-state index contributed by atoms with van der Waals surface area (Å²) in [5.41, 5.74) is 1.35. The summed E-state index contributed by atoms with van der Waals surface area (Å²) in [5, 5.41) is 2.51. The fourth-order valence-corrected chi connectivity index (χ4v) is 3.37. The zero-order chi connectivity index (χ0) is 20.6. The Morgan fingerprint density at radius 3 is 2.54 bits per heavy atom. The summed E-state index contributed by atoms with van der Waals surface area (Å²) in [6, 6.07) is 12.3. The van der Waals surface area contributed by atoms with Crippen LogP contribution in [0.25, 0.3) is 0 Å². The van der Waals surface area contributed by atoms with Gasteiger partial charge in [-0.2, -0.15) is 0 Å². The fourth-order valence-electron chi connectivity index (χ4n) is 2.27. The van der Waals surface area contributed by atoms with Crippen LogP contribution in [0.1, 0.15) is 15.9 Å². The van der Waals surface area contributed by atoms with Gasteiger partial charge in [0.25, 0.3) is 15.9 Å². The molecular formula is C19H22N2O6S. The van der Waals surface area contributed by atoms with Crippen molar-refractivity contribution in [1.82, 2.24) is 5.32 Å². The molecule has 150 valence electrons. The number of methoxy groups -OCH3 is 1. The molecule has 0 saturated carbocycles. The molecule has 0 aliphatic rings. The average Bonchev–Trinajstić information content (AvgIpc) is 2.66. The van der Waals surface area contributed by atoms with Crippen molar-refractivity contribution < 1.29 is 27.5 Å². The van der Waals surface area contributed by atoms with Crippen LogP contribution < -0.4 is 10.0 Å². The van der Waals surface area contributed by atoms with Crippen molar-refractivity contribution in [2.75, 3.05) is 31.6 Å². The summed E-state index contributed by atoms with van der Waals surface area (Å²) in [6.45, 7) is 2.01. The number of carbonyl (C=O) groups is 2. The third kappa shape index (κ3) is 6.36. The van der Waals surface area contributed by atoms with E-state index >= 15 is 0 Å². The Labute approximate surface area is 163 Å². The molecule has 2 rings (SSSR count). The van der Waals surface area contributed by atoms with E-state index in [2.05, 4.69) is 10.0 Å². The number of carbonyl (C=O) groups excluding carboxylic acids is 2. The maximum Gasteiger partial charge on any atom is 0.338 e. The molecule has 0 spiro atoms. The van der Waals surface area contributed by atoms with E-state index < -0.39 is 28.5 Å². The molecule has 2 aromatic carbocycles. The third-order valence-corrected chi connectivity index (χ3v) is 4.99. The molecule has 0 aliphatic carbocycles. The Bertz CT molecular complexity index is 943. The van der Waals surface area contributed by atoms with Crippen LogP contribution in [0.5, 0.6) is 0 Å². The molecule has 0 bridgehead atoms. The Morgan fingerprint density at radius 2 is 1.82 bits per heavy atom. The maximum absolute atomic E-state index is 12.6. The van der Waals surface area contributed by atoms with Crippen molar-refractivity contribution >= 4 is 27.6 Å². The molecule has 2 N–H and O–H groups in total. The number of hydrogen-bond acceptors (Lipinski definition) is 6. The van der Waals surface area contributed by atoms with Gasteiger partial charge in [-0.1, -0.05) is 18.2 Å². The zero-order valence-electron chi connectivity index (χ0n) is 15.6. The van der Waals surface area contributed by atoms with Crippen molar-refractivity contribution in [2.24, 2.45) is 0 Å². The fraction of sp³-hybridized carbons (Fsp3) is 0.263. The minimum atomic E-state index is -3.88. The highest BCUT2D eigenvalue weighted by Gasteiger charge is 2.18. The first-order valence-corrected chi connectivity index (χ1v) is 9.92. The van der Waals surface area contributed by atoms with Gasteiger partial charge in [-0.3, -0.25) is 9.52 Å². The Hall–Kier alpha value is -2.91. The molecule has 0 fully saturated rings. The molecule has 0 heterocycles. The van der Waals surface area contributed by atoms with Gasteiger partial charge in [0.15, 0.2) is 6.61 Å². The van der Waals surface area contributed by atoms with E-state index in [4.69, 9.17) is 9.47 Å². The minimum Gasteiger partial charge on any atom is -0.452 e. The van der Waals surface area contributed by atoms with Gasteiger partial charge in [-0.05, 0) is 42.8 Å². The first-order valence-electron chi connectivity index (χ1n) is 8.44. The highest BCUT2D eigenvalue weighted by Crippen LogP contribution is 2.18. The molecule has 0 aromatic heterocycles. The molecular weight excluding hydrogens is 384 g/mol. The number of ether oxygens (including phenoxy) is 2. The van der Waals surface area contributed by atoms with Crippen LogP contribution in [0, 0.1) is 6.92 Å². The van der Waals surface area contributed by atoms with Gasteiger partial charge in [-0.15, -0.1) is 0 Å². The highest BCUT2D eigenvalue weighted by molar-refractivity contribution is 7.92. The largest absolute Gasteiger partial charge is 0.452 e. The zero-order valence-corrected chi connectivity index (χ0v) is 16.4. The molecule has 0 aliphatic heterocycles. The number of rotatable bonds is 9. The smallest absolute Gasteiger partial charge is 0.338 e. The lowest BCUT2D eigenvalue weighted by Gasteiger charge is -2.10. The second-order valence-corrected chi connectivity index (χ2v) is 7.60. The van der Waals surface area contributed by atoms with Gasteiger partial charge >= 0.3 is 5.97 Å². The quantitative estimate of drug-likeness (QED) is 0.485. The Balaban J connectivity index is 2.04. The van der Waals surface area contributed by atoms with Gasteiger partial charge in [0.1, 0.15) is 0 Å². The number of sulfonamides is 1. The number of benzene rings is 2. The molecule has 1 amide bonds. The van der Waals surface area contributed by atoms with Gasteiger partial charge in [0.05, 0.1) is 17.1 Å². The van der Waals surface area contributed by atoms with E-state index in [0.29, 0.717) is 18.8 Å². The monoisotopic (exact) mass is 406 g/mol. The first-order chi connectivity index (χ1) is 13.3. The van der Waals surface area contributed by atoms with Crippen LogP contribution in [0.15, 0.2) is 53.4 Å². The van der Waals surface area contributed by atoms with Gasteiger partial charge in [0, 0.05) is 19.3 Å². The Kier molecular flexibility index (Phi) is 7.53. The second-order valence-electron chi connectivity index (χ2n) is 5.92. The lowest BCUT2D eigenvalue weighted by molar-refractivity contribution is -0.124. The Morgan fingerprint density at radius 1 is 1.07 bits per heavy atom. The van der Waals surface area contributed by atoms with Gasteiger partial charge in [0.2, 0.25) is 0 Å². The van der Waals surface area contributed by atoms with E-state index in [1.165, 1.54) is 31.4 Å². The summed E-state index contributed by atoms with van der Waals surface area (Å²) in [7, 11) is -2.38. The van der Waals surface area contributed by atoms with Crippen LogP contribution in [-0.4, -0.2) is 47.2 Å². The van der Waals surface area contributed by atoms with Crippen LogP contribution in [-0.2, 0) is 24.3 Å². The van der Waals surface area contributed by atoms with Crippen molar-refractivity contribution in [3.05, 3.63) is 59.7 Å². The topological polar surface area (TPSA) is 111 Å². The SMILES string of the molecule is COCCNC(=O)COC(=O)c1cccc(S(=O)(=O)Nc2cccc(C)c2)c1. The average molecular weight is 406 g/mol. The molecule has 8 nitrogen and oxygen atoms in total.